The van der Waals surface area contributed by atoms with Gasteiger partial charge in [0.1, 0.15) is 0 Å². The van der Waals surface area contributed by atoms with Gasteiger partial charge < -0.3 is 16.4 Å². The Kier molecular flexibility index (Phi) is 7.60. The second-order valence-corrected chi connectivity index (χ2v) is 5.78. The first kappa shape index (κ1) is 20.7. The fourth-order valence-corrected chi connectivity index (χ4v) is 2.39. The fraction of sp³-hybridized carbons (Fsp3) is 0.353. The summed E-state index contributed by atoms with van der Waals surface area (Å²) in [7, 11) is 1.81. The monoisotopic (exact) mass is 365 g/mol. The van der Waals surface area contributed by atoms with E-state index in [1.54, 1.807) is 42.1 Å². The van der Waals surface area contributed by atoms with Crippen molar-refractivity contribution in [2.45, 2.75) is 19.8 Å². The summed E-state index contributed by atoms with van der Waals surface area (Å²) in [5.41, 5.74) is 7.51. The number of nitrogens with zero attached hydrogens (tertiary/aromatic N) is 2. The van der Waals surface area contributed by atoms with Crippen LogP contribution in [0.5, 0.6) is 0 Å². The molecule has 1 aromatic heterocycles. The highest BCUT2D eigenvalue weighted by Crippen LogP contribution is 2.18. The van der Waals surface area contributed by atoms with Gasteiger partial charge >= 0.3 is 0 Å². The van der Waals surface area contributed by atoms with E-state index in [0.29, 0.717) is 30.0 Å². The molecule has 0 radical (unpaired) electrons. The van der Waals surface area contributed by atoms with Crippen LogP contribution in [0.3, 0.4) is 0 Å². The molecule has 0 fully saturated rings. The fourth-order valence-electron chi connectivity index (χ4n) is 2.39. The van der Waals surface area contributed by atoms with Gasteiger partial charge in [-0.2, -0.15) is 5.10 Å². The average molecular weight is 366 g/mol. The lowest BCUT2D eigenvalue weighted by molar-refractivity contribution is 0.0955. The number of nitrogens with one attached hydrogen (secondary N) is 2. The van der Waals surface area contributed by atoms with Crippen LogP contribution < -0.4 is 16.4 Å². The number of para-hydroxylation sites is 1. The summed E-state index contributed by atoms with van der Waals surface area (Å²) in [6.45, 7) is 4.80. The first-order chi connectivity index (χ1) is 11.4. The highest BCUT2D eigenvalue weighted by atomic mass is 35.5. The summed E-state index contributed by atoms with van der Waals surface area (Å²) in [4.78, 5) is 24.6. The lowest BCUT2D eigenvalue weighted by Gasteiger charge is -2.10. The van der Waals surface area contributed by atoms with Gasteiger partial charge in [0.05, 0.1) is 11.3 Å². The van der Waals surface area contributed by atoms with Gasteiger partial charge in [-0.05, 0) is 24.1 Å². The van der Waals surface area contributed by atoms with Crippen LogP contribution in [0.4, 0.5) is 5.69 Å². The molecule has 0 bridgehead atoms. The number of carbonyl (C=O) groups excluding carboxylic acids is 2. The second-order valence-electron chi connectivity index (χ2n) is 5.78. The molecule has 0 aliphatic heterocycles. The molecule has 1 heterocycles. The van der Waals surface area contributed by atoms with E-state index in [4.69, 9.17) is 5.73 Å². The van der Waals surface area contributed by atoms with Crippen molar-refractivity contribution >= 4 is 29.9 Å². The highest BCUT2D eigenvalue weighted by molar-refractivity contribution is 6.08. The molecule has 2 rings (SSSR count). The second kappa shape index (κ2) is 9.19. The molecule has 136 valence electrons. The Labute approximate surface area is 153 Å². The predicted molar refractivity (Wildman–Crippen MR) is 100 cm³/mol. The molecular weight excluding hydrogens is 342 g/mol. The van der Waals surface area contributed by atoms with Crippen LogP contribution in [-0.4, -0.2) is 34.7 Å². The standard InChI is InChI=1S/C17H23N5O2.ClH/c1-11(2)15-10-14(21-22(15)3)17(24)20-13-7-5-4-6-12(13)16(23)19-9-8-18;/h4-7,10-11H,8-9,18H2,1-3H3,(H,19,23)(H,20,24);1H. The highest BCUT2D eigenvalue weighted by Gasteiger charge is 2.17. The molecular formula is C17H24ClN5O2. The smallest absolute Gasteiger partial charge is 0.276 e. The summed E-state index contributed by atoms with van der Waals surface area (Å²) in [6.07, 6.45) is 0. The maximum Gasteiger partial charge on any atom is 0.276 e. The van der Waals surface area contributed by atoms with Crippen molar-refractivity contribution in [3.05, 3.63) is 47.3 Å². The van der Waals surface area contributed by atoms with Gasteiger partial charge in [0.25, 0.3) is 11.8 Å². The van der Waals surface area contributed by atoms with Crippen molar-refractivity contribution in [2.75, 3.05) is 18.4 Å². The van der Waals surface area contributed by atoms with E-state index < -0.39 is 0 Å². The van der Waals surface area contributed by atoms with Crippen molar-refractivity contribution in [1.82, 2.24) is 15.1 Å². The van der Waals surface area contributed by atoms with Crippen LogP contribution in [0.1, 0.15) is 46.3 Å². The number of amides is 2. The van der Waals surface area contributed by atoms with Gasteiger partial charge in [-0.15, -0.1) is 12.4 Å². The van der Waals surface area contributed by atoms with Gasteiger partial charge in [-0.3, -0.25) is 14.3 Å². The number of hydrogen-bond donors (Lipinski definition) is 3. The normalized spacial score (nSPS) is 10.3. The van der Waals surface area contributed by atoms with Crippen LogP contribution in [0, 0.1) is 0 Å². The Morgan fingerprint density at radius 3 is 2.52 bits per heavy atom. The van der Waals surface area contributed by atoms with Crippen LogP contribution in [0.25, 0.3) is 0 Å². The summed E-state index contributed by atoms with van der Waals surface area (Å²) >= 11 is 0. The van der Waals surface area contributed by atoms with Crippen molar-refractivity contribution in [3.8, 4) is 0 Å². The summed E-state index contributed by atoms with van der Waals surface area (Å²) < 4.78 is 1.69. The zero-order valence-corrected chi connectivity index (χ0v) is 15.4. The molecule has 0 aliphatic carbocycles. The maximum absolute atomic E-state index is 12.5. The number of anilines is 1. The maximum atomic E-state index is 12.5. The van der Waals surface area contributed by atoms with Crippen molar-refractivity contribution in [1.29, 1.82) is 0 Å². The molecule has 8 heteroatoms. The molecule has 2 aromatic rings. The Bertz CT molecular complexity index is 742. The van der Waals surface area contributed by atoms with Crippen LogP contribution >= 0.6 is 12.4 Å². The van der Waals surface area contributed by atoms with Crippen molar-refractivity contribution in [2.24, 2.45) is 12.8 Å². The van der Waals surface area contributed by atoms with E-state index in [-0.39, 0.29) is 30.1 Å². The number of hydrogen-bond acceptors (Lipinski definition) is 4. The number of carbonyl (C=O) groups is 2. The molecule has 0 atom stereocenters. The third-order valence-electron chi connectivity index (χ3n) is 3.59. The van der Waals surface area contributed by atoms with E-state index in [2.05, 4.69) is 15.7 Å². The molecule has 1 aromatic carbocycles. The topological polar surface area (TPSA) is 102 Å². The SMILES string of the molecule is CC(C)c1cc(C(=O)Nc2ccccc2C(=O)NCCN)nn1C.Cl. The molecule has 0 saturated carbocycles. The minimum Gasteiger partial charge on any atom is -0.351 e. The van der Waals surface area contributed by atoms with Gasteiger partial charge in [0, 0.05) is 25.8 Å². The number of benzene rings is 1. The van der Waals surface area contributed by atoms with E-state index in [1.165, 1.54) is 0 Å². The third kappa shape index (κ3) is 5.04. The van der Waals surface area contributed by atoms with Crippen LogP contribution in [0.2, 0.25) is 0 Å². The molecule has 0 saturated heterocycles. The van der Waals surface area contributed by atoms with Crippen LogP contribution in [-0.2, 0) is 7.05 Å². The number of halogens is 1. The molecule has 0 spiro atoms. The lowest BCUT2D eigenvalue weighted by atomic mass is 10.1. The summed E-state index contributed by atoms with van der Waals surface area (Å²) in [5, 5.41) is 9.69. The number of nitrogens with two attached hydrogens (primary N) is 1. The van der Waals surface area contributed by atoms with Crippen molar-refractivity contribution < 1.29 is 9.59 Å². The van der Waals surface area contributed by atoms with Crippen LogP contribution in [0.15, 0.2) is 30.3 Å². The first-order valence-electron chi connectivity index (χ1n) is 7.86. The van der Waals surface area contributed by atoms with E-state index in [9.17, 15) is 9.59 Å². The number of rotatable bonds is 6. The quantitative estimate of drug-likeness (QED) is 0.727. The minimum absolute atomic E-state index is 0. The molecule has 7 nitrogen and oxygen atoms in total. The molecule has 4 N–H and O–H groups in total. The lowest BCUT2D eigenvalue weighted by Crippen LogP contribution is -2.30. The molecule has 2 amide bonds. The Balaban J connectivity index is 0.00000312. The zero-order valence-electron chi connectivity index (χ0n) is 14.6. The van der Waals surface area contributed by atoms with E-state index in [1.807, 2.05) is 13.8 Å². The predicted octanol–water partition coefficient (Wildman–Crippen LogP) is 1.91. The Morgan fingerprint density at radius 2 is 1.92 bits per heavy atom. The zero-order chi connectivity index (χ0) is 17.7. The first-order valence-corrected chi connectivity index (χ1v) is 7.86. The van der Waals surface area contributed by atoms with E-state index >= 15 is 0 Å². The Hall–Kier alpha value is -2.38. The van der Waals surface area contributed by atoms with Gasteiger partial charge in [-0.1, -0.05) is 26.0 Å². The van der Waals surface area contributed by atoms with Gasteiger partial charge in [-0.25, -0.2) is 0 Å². The molecule has 25 heavy (non-hydrogen) atoms. The van der Waals surface area contributed by atoms with E-state index in [0.717, 1.165) is 5.69 Å². The minimum atomic E-state index is -0.350. The largest absolute Gasteiger partial charge is 0.351 e. The van der Waals surface area contributed by atoms with Gasteiger partial charge in [0.2, 0.25) is 0 Å². The number of aryl methyl sites for hydroxylation is 1. The third-order valence-corrected chi connectivity index (χ3v) is 3.59. The van der Waals surface area contributed by atoms with Crippen molar-refractivity contribution in [3.63, 3.8) is 0 Å². The average Bonchev–Trinajstić information content (AvgIpc) is 2.95. The van der Waals surface area contributed by atoms with Gasteiger partial charge in [0.15, 0.2) is 5.69 Å². The Morgan fingerprint density at radius 1 is 1.24 bits per heavy atom. The summed E-state index contributed by atoms with van der Waals surface area (Å²) in [6, 6.07) is 8.59. The molecule has 0 unspecified atom stereocenters. The number of aromatic nitrogens is 2. The summed E-state index contributed by atoms with van der Waals surface area (Å²) in [5.74, 6) is -0.366. The molecule has 0 aliphatic rings.